The van der Waals surface area contributed by atoms with Crippen molar-refractivity contribution in [3.8, 4) is 11.5 Å². The summed E-state index contributed by atoms with van der Waals surface area (Å²) < 4.78 is 38.6. The molecule has 0 spiro atoms. The number of hydrogen-bond acceptors (Lipinski definition) is 5. The minimum atomic E-state index is -3.93. The van der Waals surface area contributed by atoms with Crippen molar-refractivity contribution in [3.63, 3.8) is 0 Å². The third-order valence-electron chi connectivity index (χ3n) is 4.94. The van der Waals surface area contributed by atoms with Gasteiger partial charge in [-0.2, -0.15) is 0 Å². The Morgan fingerprint density at radius 3 is 2.21 bits per heavy atom. The van der Waals surface area contributed by atoms with Crippen LogP contribution in [0, 0.1) is 13.8 Å². The molecular weight excluding hydrogens is 440 g/mol. The SMILES string of the molecule is COc1ccc(OCCNC(=O)CN(c2cccc(C)c2)S(=O)(=O)c2ccc(C)cc2)cc1. The molecule has 0 saturated heterocycles. The molecule has 0 unspecified atom stereocenters. The number of nitrogens with one attached hydrogen (secondary N) is 1. The quantitative estimate of drug-likeness (QED) is 0.459. The highest BCUT2D eigenvalue weighted by Gasteiger charge is 2.27. The van der Waals surface area contributed by atoms with Crippen LogP contribution in [0.3, 0.4) is 0 Å². The molecule has 3 aromatic carbocycles. The van der Waals surface area contributed by atoms with Crippen LogP contribution in [0.2, 0.25) is 0 Å². The summed E-state index contributed by atoms with van der Waals surface area (Å²) in [6.45, 7) is 3.89. The lowest BCUT2D eigenvalue weighted by molar-refractivity contribution is -0.119. The highest BCUT2D eigenvalue weighted by Crippen LogP contribution is 2.24. The first-order chi connectivity index (χ1) is 15.8. The second-order valence-electron chi connectivity index (χ2n) is 7.54. The number of benzene rings is 3. The Labute approximate surface area is 195 Å². The number of aryl methyl sites for hydroxylation is 2. The van der Waals surface area contributed by atoms with Gasteiger partial charge in [-0.3, -0.25) is 9.10 Å². The van der Waals surface area contributed by atoms with E-state index in [9.17, 15) is 13.2 Å². The zero-order valence-electron chi connectivity index (χ0n) is 18.9. The molecule has 1 amide bonds. The molecule has 8 heteroatoms. The van der Waals surface area contributed by atoms with Crippen LogP contribution in [0.1, 0.15) is 11.1 Å². The predicted octanol–water partition coefficient (Wildman–Crippen LogP) is 3.70. The van der Waals surface area contributed by atoms with Gasteiger partial charge >= 0.3 is 0 Å². The van der Waals surface area contributed by atoms with Gasteiger partial charge in [0.2, 0.25) is 5.91 Å². The first-order valence-electron chi connectivity index (χ1n) is 10.5. The molecule has 0 aliphatic carbocycles. The fourth-order valence-corrected chi connectivity index (χ4v) is 4.57. The lowest BCUT2D eigenvalue weighted by Crippen LogP contribution is -2.42. The largest absolute Gasteiger partial charge is 0.497 e. The summed E-state index contributed by atoms with van der Waals surface area (Å²) in [5.41, 5.74) is 2.27. The predicted molar refractivity (Wildman–Crippen MR) is 128 cm³/mol. The molecule has 0 radical (unpaired) electrons. The summed E-state index contributed by atoms with van der Waals surface area (Å²) in [4.78, 5) is 12.8. The Balaban J connectivity index is 1.68. The Bertz CT molecular complexity index is 1180. The number of nitrogens with zero attached hydrogens (tertiary/aromatic N) is 1. The third-order valence-corrected chi connectivity index (χ3v) is 6.73. The maximum atomic E-state index is 13.4. The molecule has 0 fully saturated rings. The number of hydrogen-bond donors (Lipinski definition) is 1. The lowest BCUT2D eigenvalue weighted by atomic mass is 10.2. The topological polar surface area (TPSA) is 84.9 Å². The highest BCUT2D eigenvalue weighted by atomic mass is 32.2. The summed E-state index contributed by atoms with van der Waals surface area (Å²) in [5.74, 6) is 0.945. The number of methoxy groups -OCH3 is 1. The van der Waals surface area contributed by atoms with Crippen LogP contribution >= 0.6 is 0 Å². The first kappa shape index (κ1) is 24.1. The molecule has 3 rings (SSSR count). The zero-order valence-corrected chi connectivity index (χ0v) is 19.8. The molecule has 1 N–H and O–H groups in total. The molecule has 0 aromatic heterocycles. The Morgan fingerprint density at radius 1 is 0.909 bits per heavy atom. The van der Waals surface area contributed by atoms with Gasteiger partial charge in [0.1, 0.15) is 24.7 Å². The van der Waals surface area contributed by atoms with E-state index in [1.807, 2.05) is 19.9 Å². The number of amides is 1. The summed E-state index contributed by atoms with van der Waals surface area (Å²) in [6, 6.07) is 20.7. The molecule has 0 aliphatic heterocycles. The number of anilines is 1. The van der Waals surface area contributed by atoms with E-state index in [0.717, 1.165) is 21.2 Å². The van der Waals surface area contributed by atoms with Crippen molar-refractivity contribution in [2.45, 2.75) is 18.7 Å². The lowest BCUT2D eigenvalue weighted by Gasteiger charge is -2.24. The van der Waals surface area contributed by atoms with Gasteiger partial charge in [0.25, 0.3) is 10.0 Å². The standard InChI is InChI=1S/C25H28N2O5S/c1-19-7-13-24(14-8-19)33(29,30)27(21-6-4-5-20(2)17-21)18-25(28)26-15-16-32-23-11-9-22(31-3)10-12-23/h4-14,17H,15-16,18H2,1-3H3,(H,26,28). The van der Waals surface area contributed by atoms with Gasteiger partial charge in [0.05, 0.1) is 24.2 Å². The maximum absolute atomic E-state index is 13.4. The summed E-state index contributed by atoms with van der Waals surface area (Å²) in [6.07, 6.45) is 0. The average Bonchev–Trinajstić information content (AvgIpc) is 2.81. The van der Waals surface area contributed by atoms with Gasteiger partial charge < -0.3 is 14.8 Å². The average molecular weight is 469 g/mol. The molecule has 0 aliphatic rings. The molecular formula is C25H28N2O5S. The van der Waals surface area contributed by atoms with Gasteiger partial charge in [-0.25, -0.2) is 8.42 Å². The summed E-state index contributed by atoms with van der Waals surface area (Å²) >= 11 is 0. The van der Waals surface area contributed by atoms with E-state index >= 15 is 0 Å². The Hall–Kier alpha value is -3.52. The molecule has 0 atom stereocenters. The minimum Gasteiger partial charge on any atom is -0.497 e. The van der Waals surface area contributed by atoms with Gasteiger partial charge in [-0.15, -0.1) is 0 Å². The van der Waals surface area contributed by atoms with Crippen LogP contribution in [-0.2, 0) is 14.8 Å². The number of carbonyl (C=O) groups is 1. The van der Waals surface area contributed by atoms with Crippen LogP contribution in [0.25, 0.3) is 0 Å². The van der Waals surface area contributed by atoms with Gasteiger partial charge in [0, 0.05) is 0 Å². The zero-order chi connectivity index (χ0) is 23.8. The fraction of sp³-hybridized carbons (Fsp3) is 0.240. The molecule has 0 bridgehead atoms. The van der Waals surface area contributed by atoms with Gasteiger partial charge in [-0.1, -0.05) is 29.8 Å². The molecule has 7 nitrogen and oxygen atoms in total. The van der Waals surface area contributed by atoms with Crippen LogP contribution in [-0.4, -0.2) is 41.1 Å². The third kappa shape index (κ3) is 6.49. The molecule has 33 heavy (non-hydrogen) atoms. The van der Waals surface area contributed by atoms with Crippen molar-refractivity contribution in [1.29, 1.82) is 0 Å². The molecule has 174 valence electrons. The van der Waals surface area contributed by atoms with Crippen molar-refractivity contribution < 1.29 is 22.7 Å². The molecule has 0 saturated carbocycles. The Morgan fingerprint density at radius 2 is 1.58 bits per heavy atom. The smallest absolute Gasteiger partial charge is 0.264 e. The van der Waals surface area contributed by atoms with Crippen molar-refractivity contribution in [1.82, 2.24) is 5.32 Å². The normalized spacial score (nSPS) is 11.0. The Kier molecular flexibility index (Phi) is 7.95. The first-order valence-corrected chi connectivity index (χ1v) is 11.9. The van der Waals surface area contributed by atoms with Crippen molar-refractivity contribution >= 4 is 21.6 Å². The van der Waals surface area contributed by atoms with E-state index in [1.54, 1.807) is 73.8 Å². The van der Waals surface area contributed by atoms with Gasteiger partial charge in [-0.05, 0) is 67.9 Å². The second kappa shape index (κ2) is 10.9. The number of rotatable bonds is 10. The van der Waals surface area contributed by atoms with E-state index in [1.165, 1.54) is 0 Å². The number of ether oxygens (including phenoxy) is 2. The van der Waals surface area contributed by atoms with E-state index in [4.69, 9.17) is 9.47 Å². The van der Waals surface area contributed by atoms with Crippen molar-refractivity contribution in [2.75, 3.05) is 31.1 Å². The second-order valence-corrected chi connectivity index (χ2v) is 9.40. The number of sulfonamides is 1. The summed E-state index contributed by atoms with van der Waals surface area (Å²) in [5, 5.41) is 2.73. The van der Waals surface area contributed by atoms with E-state index in [0.29, 0.717) is 11.4 Å². The van der Waals surface area contributed by atoms with Crippen molar-refractivity contribution in [3.05, 3.63) is 83.9 Å². The molecule has 0 heterocycles. The van der Waals surface area contributed by atoms with Crippen LogP contribution in [0.5, 0.6) is 11.5 Å². The monoisotopic (exact) mass is 468 g/mol. The van der Waals surface area contributed by atoms with Gasteiger partial charge in [0.15, 0.2) is 0 Å². The van der Waals surface area contributed by atoms with Crippen LogP contribution in [0.4, 0.5) is 5.69 Å². The maximum Gasteiger partial charge on any atom is 0.264 e. The van der Waals surface area contributed by atoms with Crippen LogP contribution < -0.4 is 19.1 Å². The van der Waals surface area contributed by atoms with Crippen LogP contribution in [0.15, 0.2) is 77.7 Å². The summed E-state index contributed by atoms with van der Waals surface area (Å²) in [7, 11) is -2.35. The number of carbonyl (C=O) groups excluding carboxylic acids is 1. The fourth-order valence-electron chi connectivity index (χ4n) is 3.15. The van der Waals surface area contributed by atoms with Crippen molar-refractivity contribution in [2.24, 2.45) is 0 Å². The van der Waals surface area contributed by atoms with E-state index in [2.05, 4.69) is 5.32 Å². The highest BCUT2D eigenvalue weighted by molar-refractivity contribution is 7.92. The van der Waals surface area contributed by atoms with E-state index in [-0.39, 0.29) is 24.6 Å². The minimum absolute atomic E-state index is 0.130. The molecule has 3 aromatic rings. The van der Waals surface area contributed by atoms with E-state index < -0.39 is 15.9 Å².